The maximum absolute atomic E-state index is 13.2. The summed E-state index contributed by atoms with van der Waals surface area (Å²) < 4.78 is 19.5. The van der Waals surface area contributed by atoms with Gasteiger partial charge in [0.05, 0.1) is 0 Å². The quantitative estimate of drug-likeness (QED) is 0.714. The molecule has 0 radical (unpaired) electrons. The van der Waals surface area contributed by atoms with Gasteiger partial charge in [-0.3, -0.25) is 0 Å². The predicted octanol–water partition coefficient (Wildman–Crippen LogP) is 4.95. The lowest BCUT2D eigenvalue weighted by Gasteiger charge is -2.36. The van der Waals surface area contributed by atoms with Gasteiger partial charge < -0.3 is 4.43 Å². The van der Waals surface area contributed by atoms with Crippen LogP contribution in [0.2, 0.25) is 18.1 Å². The molecule has 1 unspecified atom stereocenters. The fourth-order valence-corrected chi connectivity index (χ4v) is 3.64. The molecule has 2 rings (SSSR count). The first-order chi connectivity index (χ1) is 9.19. The molecule has 1 aromatic rings. The van der Waals surface area contributed by atoms with Crippen molar-refractivity contribution < 1.29 is 8.82 Å². The largest absolute Gasteiger partial charge is 0.417 e. The number of halogens is 1. The van der Waals surface area contributed by atoms with Crippen molar-refractivity contribution in [3.8, 4) is 0 Å². The molecule has 1 atom stereocenters. The van der Waals surface area contributed by atoms with E-state index >= 15 is 0 Å². The third kappa shape index (κ3) is 3.50. The van der Waals surface area contributed by atoms with Gasteiger partial charge in [0.2, 0.25) is 0 Å². The van der Waals surface area contributed by atoms with Crippen molar-refractivity contribution in [1.29, 1.82) is 0 Å². The van der Waals surface area contributed by atoms with Crippen molar-refractivity contribution in [2.24, 2.45) is 5.92 Å². The van der Waals surface area contributed by atoms with Crippen LogP contribution in [0, 0.1) is 11.7 Å². The van der Waals surface area contributed by atoms with E-state index in [2.05, 4.69) is 33.9 Å². The van der Waals surface area contributed by atoms with Crippen molar-refractivity contribution in [3.63, 3.8) is 0 Å². The summed E-state index contributed by atoms with van der Waals surface area (Å²) in [4.78, 5) is 0. The molecular formula is C17H27FOSi. The van der Waals surface area contributed by atoms with E-state index in [1.54, 1.807) is 12.1 Å². The van der Waals surface area contributed by atoms with Crippen LogP contribution in [0.1, 0.15) is 38.3 Å². The fraction of sp³-hybridized carbons (Fsp3) is 0.647. The second-order valence-electron chi connectivity index (χ2n) is 7.58. The molecule has 0 amide bonds. The van der Waals surface area contributed by atoms with Crippen molar-refractivity contribution >= 4 is 8.32 Å². The first-order valence-electron chi connectivity index (χ1n) is 7.60. The molecular weight excluding hydrogens is 267 g/mol. The number of hydrogen-bond acceptors (Lipinski definition) is 1. The third-order valence-corrected chi connectivity index (χ3v) is 9.52. The van der Waals surface area contributed by atoms with E-state index < -0.39 is 8.32 Å². The minimum atomic E-state index is -1.63. The average Bonchev–Trinajstić information content (AvgIpc) is 2.68. The van der Waals surface area contributed by atoms with E-state index in [1.165, 1.54) is 11.1 Å². The van der Waals surface area contributed by atoms with Gasteiger partial charge in [-0.2, -0.15) is 0 Å². The Bertz CT molecular complexity index is 476. The molecule has 0 aromatic heterocycles. The lowest BCUT2D eigenvalue weighted by atomic mass is 10.0. The third-order valence-electron chi connectivity index (χ3n) is 4.98. The molecule has 0 heterocycles. The number of fused-ring (bicyclic) bond motifs is 1. The SMILES string of the molecule is CC(C)(C)[Si](C)(C)OCCC1Cc2ccc(F)cc2C1. The number of rotatable bonds is 4. The number of benzene rings is 1. The van der Waals surface area contributed by atoms with Gasteiger partial charge >= 0.3 is 0 Å². The van der Waals surface area contributed by atoms with Crippen LogP contribution in [0.25, 0.3) is 0 Å². The molecule has 0 fully saturated rings. The summed E-state index contributed by atoms with van der Waals surface area (Å²) in [6.07, 6.45) is 3.17. The highest BCUT2D eigenvalue weighted by Gasteiger charge is 2.37. The Labute approximate surface area is 123 Å². The molecule has 3 heteroatoms. The highest BCUT2D eigenvalue weighted by molar-refractivity contribution is 6.74. The Morgan fingerprint density at radius 2 is 1.85 bits per heavy atom. The van der Waals surface area contributed by atoms with Crippen LogP contribution >= 0.6 is 0 Å². The van der Waals surface area contributed by atoms with Crippen LogP contribution in [0.4, 0.5) is 4.39 Å². The minimum absolute atomic E-state index is 0.109. The molecule has 112 valence electrons. The Kier molecular flexibility index (Phi) is 4.40. The smallest absolute Gasteiger partial charge is 0.191 e. The first kappa shape index (κ1) is 15.7. The van der Waals surface area contributed by atoms with Gasteiger partial charge in [-0.1, -0.05) is 26.8 Å². The highest BCUT2D eigenvalue weighted by Crippen LogP contribution is 2.37. The lowest BCUT2D eigenvalue weighted by molar-refractivity contribution is 0.257. The summed E-state index contributed by atoms with van der Waals surface area (Å²) in [5.41, 5.74) is 2.52. The highest BCUT2D eigenvalue weighted by atomic mass is 28.4. The van der Waals surface area contributed by atoms with Crippen molar-refractivity contribution in [1.82, 2.24) is 0 Å². The molecule has 0 spiro atoms. The Morgan fingerprint density at radius 3 is 2.50 bits per heavy atom. The molecule has 20 heavy (non-hydrogen) atoms. The van der Waals surface area contributed by atoms with Gasteiger partial charge in [0.25, 0.3) is 0 Å². The maximum Gasteiger partial charge on any atom is 0.191 e. The Balaban J connectivity index is 1.83. The van der Waals surface area contributed by atoms with Gasteiger partial charge in [-0.05, 0) is 66.6 Å². The van der Waals surface area contributed by atoms with Crippen LogP contribution in [0.3, 0.4) is 0 Å². The molecule has 1 nitrogen and oxygen atoms in total. The summed E-state index contributed by atoms with van der Waals surface area (Å²) >= 11 is 0. The molecule has 0 N–H and O–H groups in total. The van der Waals surface area contributed by atoms with Crippen molar-refractivity contribution in [2.45, 2.75) is 58.2 Å². The summed E-state index contributed by atoms with van der Waals surface area (Å²) in [7, 11) is -1.63. The molecule has 1 aliphatic rings. The van der Waals surface area contributed by atoms with Crippen LogP contribution in [0.5, 0.6) is 0 Å². The molecule has 0 aliphatic heterocycles. The van der Waals surface area contributed by atoms with E-state index in [0.29, 0.717) is 5.92 Å². The van der Waals surface area contributed by atoms with E-state index in [0.717, 1.165) is 25.9 Å². The van der Waals surface area contributed by atoms with Gasteiger partial charge in [0.15, 0.2) is 8.32 Å². The van der Waals surface area contributed by atoms with E-state index in [-0.39, 0.29) is 10.9 Å². The second kappa shape index (κ2) is 5.61. The van der Waals surface area contributed by atoms with E-state index in [4.69, 9.17) is 4.43 Å². The van der Waals surface area contributed by atoms with Crippen LogP contribution in [-0.2, 0) is 17.3 Å². The average molecular weight is 294 g/mol. The van der Waals surface area contributed by atoms with Gasteiger partial charge in [-0.15, -0.1) is 0 Å². The Hall–Kier alpha value is -0.673. The standard InChI is InChI=1S/C17H27FOSi/c1-17(2,3)20(4,5)19-9-8-13-10-14-6-7-16(18)12-15(14)11-13/h6-7,12-13H,8-11H2,1-5H3. The summed E-state index contributed by atoms with van der Waals surface area (Å²) in [6, 6.07) is 5.22. The zero-order valence-electron chi connectivity index (χ0n) is 13.4. The van der Waals surface area contributed by atoms with Crippen molar-refractivity contribution in [2.75, 3.05) is 6.61 Å². The van der Waals surface area contributed by atoms with Crippen molar-refractivity contribution in [3.05, 3.63) is 35.1 Å². The molecule has 0 saturated heterocycles. The minimum Gasteiger partial charge on any atom is -0.417 e. The van der Waals surface area contributed by atoms with Crippen LogP contribution < -0.4 is 0 Å². The summed E-state index contributed by atoms with van der Waals surface area (Å²) in [5, 5.41) is 0.273. The van der Waals surface area contributed by atoms with Gasteiger partial charge in [-0.25, -0.2) is 4.39 Å². The zero-order chi connectivity index (χ0) is 15.0. The molecule has 0 bridgehead atoms. The topological polar surface area (TPSA) is 9.23 Å². The van der Waals surface area contributed by atoms with Crippen LogP contribution in [-0.4, -0.2) is 14.9 Å². The lowest BCUT2D eigenvalue weighted by Crippen LogP contribution is -2.41. The normalized spacial score (nSPS) is 19.2. The van der Waals surface area contributed by atoms with Gasteiger partial charge in [0, 0.05) is 6.61 Å². The molecule has 1 aliphatic carbocycles. The van der Waals surface area contributed by atoms with Gasteiger partial charge in [0.1, 0.15) is 5.82 Å². The second-order valence-corrected chi connectivity index (χ2v) is 12.4. The monoisotopic (exact) mass is 294 g/mol. The fourth-order valence-electron chi connectivity index (χ4n) is 2.58. The van der Waals surface area contributed by atoms with Crippen LogP contribution in [0.15, 0.2) is 18.2 Å². The van der Waals surface area contributed by atoms with E-state index in [1.807, 2.05) is 6.07 Å². The summed E-state index contributed by atoms with van der Waals surface area (Å²) in [5.74, 6) is 0.512. The summed E-state index contributed by atoms with van der Waals surface area (Å²) in [6.45, 7) is 12.3. The Morgan fingerprint density at radius 1 is 1.20 bits per heavy atom. The maximum atomic E-state index is 13.2. The van der Waals surface area contributed by atoms with E-state index in [9.17, 15) is 4.39 Å². The first-order valence-corrected chi connectivity index (χ1v) is 10.5. The molecule has 0 saturated carbocycles. The predicted molar refractivity (Wildman–Crippen MR) is 85.1 cm³/mol. The zero-order valence-corrected chi connectivity index (χ0v) is 14.4. The number of hydrogen-bond donors (Lipinski definition) is 0. The molecule has 1 aromatic carbocycles.